The molecule has 2 aromatic carbocycles. The number of rotatable bonds is 10. The summed E-state index contributed by atoms with van der Waals surface area (Å²) in [6.45, 7) is 7.31. The minimum Gasteiger partial charge on any atom is -0.481 e. The molecule has 7 heteroatoms. The van der Waals surface area contributed by atoms with Gasteiger partial charge in [-0.05, 0) is 48.9 Å². The Morgan fingerprint density at radius 2 is 1.47 bits per heavy atom. The second-order valence-electron chi connectivity index (χ2n) is 9.58. The first-order chi connectivity index (χ1) is 16.1. The average molecular weight is 467 g/mol. The van der Waals surface area contributed by atoms with Crippen LogP contribution in [0.2, 0.25) is 0 Å². The van der Waals surface area contributed by atoms with Crippen LogP contribution in [0.3, 0.4) is 0 Å². The fourth-order valence-corrected chi connectivity index (χ4v) is 4.56. The van der Waals surface area contributed by atoms with Gasteiger partial charge in [0.2, 0.25) is 5.91 Å². The molecular formula is C27H34N2O5. The maximum absolute atomic E-state index is 12.6. The van der Waals surface area contributed by atoms with Crippen molar-refractivity contribution in [3.8, 4) is 11.1 Å². The van der Waals surface area contributed by atoms with Crippen molar-refractivity contribution in [3.05, 3.63) is 59.7 Å². The molecule has 1 aliphatic rings. The van der Waals surface area contributed by atoms with Gasteiger partial charge in [-0.1, -0.05) is 62.4 Å². The van der Waals surface area contributed by atoms with E-state index in [9.17, 15) is 19.5 Å². The summed E-state index contributed by atoms with van der Waals surface area (Å²) in [5, 5.41) is 15.0. The summed E-state index contributed by atoms with van der Waals surface area (Å²) in [4.78, 5) is 36.7. The summed E-state index contributed by atoms with van der Waals surface area (Å²) in [7, 11) is 0. The van der Waals surface area contributed by atoms with Gasteiger partial charge >= 0.3 is 12.1 Å². The number of carbonyl (C=O) groups is 3. The van der Waals surface area contributed by atoms with E-state index in [-0.39, 0.29) is 31.4 Å². The zero-order valence-electron chi connectivity index (χ0n) is 20.3. The lowest BCUT2D eigenvalue weighted by Gasteiger charge is -2.29. The molecule has 0 radical (unpaired) electrons. The van der Waals surface area contributed by atoms with Crippen LogP contribution in [-0.4, -0.2) is 41.8 Å². The van der Waals surface area contributed by atoms with Gasteiger partial charge in [-0.3, -0.25) is 9.59 Å². The van der Waals surface area contributed by atoms with Gasteiger partial charge in [-0.2, -0.15) is 0 Å². The topological polar surface area (TPSA) is 105 Å². The molecule has 3 N–H and O–H groups in total. The van der Waals surface area contributed by atoms with Crippen molar-refractivity contribution in [2.24, 2.45) is 5.41 Å². The summed E-state index contributed by atoms with van der Waals surface area (Å²) >= 11 is 0. The molecule has 34 heavy (non-hydrogen) atoms. The number of alkyl carbamates (subject to hydrolysis) is 1. The largest absolute Gasteiger partial charge is 0.481 e. The first-order valence-electron chi connectivity index (χ1n) is 11.8. The Morgan fingerprint density at radius 1 is 0.941 bits per heavy atom. The average Bonchev–Trinajstić information content (AvgIpc) is 3.11. The fourth-order valence-electron chi connectivity index (χ4n) is 4.56. The number of ether oxygens (including phenoxy) is 1. The molecular weight excluding hydrogens is 432 g/mol. The highest BCUT2D eigenvalue weighted by Gasteiger charge is 2.36. The molecule has 3 rings (SSSR count). The molecule has 1 aliphatic carbocycles. The molecule has 0 spiro atoms. The molecule has 7 nitrogen and oxygen atoms in total. The lowest BCUT2D eigenvalue weighted by molar-refractivity contribution is -0.149. The minimum atomic E-state index is -0.986. The van der Waals surface area contributed by atoms with Crippen LogP contribution in [0.4, 0.5) is 4.79 Å². The van der Waals surface area contributed by atoms with Crippen molar-refractivity contribution >= 4 is 18.0 Å². The van der Waals surface area contributed by atoms with Crippen molar-refractivity contribution in [3.63, 3.8) is 0 Å². The zero-order valence-corrected chi connectivity index (χ0v) is 20.3. The molecule has 182 valence electrons. The van der Waals surface area contributed by atoms with Crippen LogP contribution in [0.1, 0.15) is 64.0 Å². The molecule has 0 bridgehead atoms. The number of benzene rings is 2. The van der Waals surface area contributed by atoms with Crippen LogP contribution >= 0.6 is 0 Å². The van der Waals surface area contributed by atoms with Gasteiger partial charge in [0.15, 0.2) is 0 Å². The lowest BCUT2D eigenvalue weighted by atomic mass is 9.82. The van der Waals surface area contributed by atoms with Gasteiger partial charge in [0.1, 0.15) is 6.61 Å². The quantitative estimate of drug-likeness (QED) is 0.471. The highest BCUT2D eigenvalue weighted by molar-refractivity contribution is 5.81. The third kappa shape index (κ3) is 5.41. The van der Waals surface area contributed by atoms with Crippen molar-refractivity contribution in [2.45, 2.75) is 58.4 Å². The van der Waals surface area contributed by atoms with E-state index in [0.717, 1.165) is 22.3 Å². The Hall–Kier alpha value is -3.35. The predicted octanol–water partition coefficient (Wildman–Crippen LogP) is 4.70. The van der Waals surface area contributed by atoms with E-state index in [0.29, 0.717) is 12.8 Å². The highest BCUT2D eigenvalue weighted by Crippen LogP contribution is 2.44. The Balaban J connectivity index is 1.55. The van der Waals surface area contributed by atoms with Gasteiger partial charge in [0, 0.05) is 24.4 Å². The number of fused-ring (bicyclic) bond motifs is 3. The van der Waals surface area contributed by atoms with Crippen LogP contribution in [0.5, 0.6) is 0 Å². The Kier molecular flexibility index (Phi) is 7.64. The van der Waals surface area contributed by atoms with Crippen molar-refractivity contribution < 1.29 is 24.2 Å². The number of aliphatic carboxylic acids is 1. The molecule has 0 saturated heterocycles. The molecule has 0 heterocycles. The van der Waals surface area contributed by atoms with E-state index in [4.69, 9.17) is 4.74 Å². The third-order valence-electron chi connectivity index (χ3n) is 6.82. The Morgan fingerprint density at radius 3 is 1.97 bits per heavy atom. The van der Waals surface area contributed by atoms with Crippen LogP contribution in [0.25, 0.3) is 11.1 Å². The van der Waals surface area contributed by atoms with Crippen molar-refractivity contribution in [1.29, 1.82) is 0 Å². The van der Waals surface area contributed by atoms with Crippen LogP contribution in [-0.2, 0) is 14.3 Å². The lowest BCUT2D eigenvalue weighted by Crippen LogP contribution is -2.49. The Bertz CT molecular complexity index is 1010. The Labute approximate surface area is 200 Å². The molecule has 2 amide bonds. The number of carbonyl (C=O) groups excluding carboxylic acids is 2. The van der Waals surface area contributed by atoms with Gasteiger partial charge in [0.25, 0.3) is 0 Å². The maximum Gasteiger partial charge on any atom is 0.407 e. The smallest absolute Gasteiger partial charge is 0.407 e. The number of nitrogens with one attached hydrogen (secondary N) is 2. The summed E-state index contributed by atoms with van der Waals surface area (Å²) in [5.74, 6) is -1.29. The molecule has 0 saturated carbocycles. The number of hydrogen-bond donors (Lipinski definition) is 3. The van der Waals surface area contributed by atoms with E-state index >= 15 is 0 Å². The number of hydrogen-bond acceptors (Lipinski definition) is 4. The van der Waals surface area contributed by atoms with Crippen LogP contribution in [0.15, 0.2) is 48.5 Å². The number of amides is 2. The fraction of sp³-hybridized carbons (Fsp3) is 0.444. The molecule has 0 aromatic heterocycles. The molecule has 0 fully saturated rings. The van der Waals surface area contributed by atoms with Gasteiger partial charge in [-0.25, -0.2) is 4.79 Å². The zero-order chi connectivity index (χ0) is 24.9. The second-order valence-corrected chi connectivity index (χ2v) is 9.58. The summed E-state index contributed by atoms with van der Waals surface area (Å²) in [6.07, 6.45) is 0.239. The van der Waals surface area contributed by atoms with Crippen LogP contribution in [0, 0.1) is 5.41 Å². The van der Waals surface area contributed by atoms with Gasteiger partial charge < -0.3 is 20.5 Å². The normalized spacial score (nSPS) is 13.1. The second kappa shape index (κ2) is 10.3. The molecule has 2 aromatic rings. The molecule has 0 unspecified atom stereocenters. The van der Waals surface area contributed by atoms with Crippen molar-refractivity contribution in [1.82, 2.24) is 10.6 Å². The van der Waals surface area contributed by atoms with E-state index in [2.05, 4.69) is 34.9 Å². The highest BCUT2D eigenvalue weighted by atomic mass is 16.5. The monoisotopic (exact) mass is 466 g/mol. The molecule has 0 aliphatic heterocycles. The van der Waals surface area contributed by atoms with Crippen LogP contribution < -0.4 is 10.6 Å². The van der Waals surface area contributed by atoms with E-state index < -0.39 is 23.0 Å². The minimum absolute atomic E-state index is 0.000320. The summed E-state index contributed by atoms with van der Waals surface area (Å²) in [5.41, 5.74) is 2.71. The maximum atomic E-state index is 12.6. The van der Waals surface area contributed by atoms with Gasteiger partial charge in [0.05, 0.1) is 5.41 Å². The van der Waals surface area contributed by atoms with Gasteiger partial charge in [-0.15, -0.1) is 0 Å². The van der Waals surface area contributed by atoms with E-state index in [1.165, 1.54) is 0 Å². The number of carboxylic acid groups (broad SMARTS) is 1. The summed E-state index contributed by atoms with van der Waals surface area (Å²) < 4.78 is 5.58. The standard InChI is InChI=1S/C27H34N2O5/c1-5-27(6-2,24(31)32)17-28-23(30)15-26(3,4)29-25(33)34-16-22-20-13-9-7-11-18(20)19-12-8-10-14-21(19)22/h7-14,22H,5-6,15-17H2,1-4H3,(H,28,30)(H,29,33)(H,31,32). The summed E-state index contributed by atoms with van der Waals surface area (Å²) in [6, 6.07) is 16.2. The SMILES string of the molecule is CCC(CC)(CNC(=O)CC(C)(C)NC(=O)OCC1c2ccccc2-c2ccccc21)C(=O)O. The first-order valence-corrected chi connectivity index (χ1v) is 11.8. The van der Waals surface area contributed by atoms with E-state index in [1.807, 2.05) is 24.3 Å². The predicted molar refractivity (Wildman–Crippen MR) is 131 cm³/mol. The van der Waals surface area contributed by atoms with Crippen molar-refractivity contribution in [2.75, 3.05) is 13.2 Å². The van der Waals surface area contributed by atoms with E-state index in [1.54, 1.807) is 27.7 Å². The first kappa shape index (κ1) is 25.3. The third-order valence-corrected chi connectivity index (χ3v) is 6.82. The number of carboxylic acids is 1. The molecule has 0 atom stereocenters.